The largest absolute Gasteiger partial charge is 0.389 e. The molecule has 0 radical (unpaired) electrons. The quantitative estimate of drug-likeness (QED) is 0.797. The average Bonchev–Trinajstić information content (AvgIpc) is 2.89. The summed E-state index contributed by atoms with van der Waals surface area (Å²) >= 11 is 0. The maximum atomic E-state index is 9.74. The van der Waals surface area contributed by atoms with Crippen molar-refractivity contribution in [2.45, 2.75) is 6.10 Å². The number of aliphatic hydroxyl groups is 1. The van der Waals surface area contributed by atoms with Crippen molar-refractivity contribution in [1.29, 1.82) is 0 Å². The van der Waals surface area contributed by atoms with E-state index >= 15 is 0 Å². The lowest BCUT2D eigenvalue weighted by molar-refractivity contribution is 0.0693. The minimum Gasteiger partial charge on any atom is -0.389 e. The van der Waals surface area contributed by atoms with Gasteiger partial charge in [0.1, 0.15) is 0 Å². The predicted molar refractivity (Wildman–Crippen MR) is 70.3 cm³/mol. The number of rotatable bonds is 6. The predicted octanol–water partition coefficient (Wildman–Crippen LogP) is 0.106. The Morgan fingerprint density at radius 1 is 1.37 bits per heavy atom. The highest BCUT2D eigenvalue weighted by Crippen LogP contribution is 2.13. The molecular weight excluding hydrogens is 246 g/mol. The van der Waals surface area contributed by atoms with E-state index in [0.29, 0.717) is 12.5 Å². The van der Waals surface area contributed by atoms with Crippen LogP contribution in [0.25, 0.3) is 5.69 Å². The van der Waals surface area contributed by atoms with Gasteiger partial charge in [0.05, 0.1) is 18.4 Å². The van der Waals surface area contributed by atoms with Gasteiger partial charge in [-0.2, -0.15) is 4.68 Å². The Labute approximate surface area is 111 Å². The van der Waals surface area contributed by atoms with Crippen molar-refractivity contribution in [3.63, 3.8) is 0 Å². The number of para-hydroxylation sites is 1. The van der Waals surface area contributed by atoms with Gasteiger partial charge < -0.3 is 14.7 Å². The summed E-state index contributed by atoms with van der Waals surface area (Å²) < 4.78 is 6.53. The molecule has 1 unspecified atom stereocenters. The average molecular weight is 263 g/mol. The van der Waals surface area contributed by atoms with Crippen molar-refractivity contribution in [3.05, 3.63) is 30.3 Å². The second-order valence-corrected chi connectivity index (χ2v) is 4.22. The molecule has 2 aromatic rings. The summed E-state index contributed by atoms with van der Waals surface area (Å²) in [4.78, 5) is 1.79. The number of ether oxygens (including phenoxy) is 1. The van der Waals surface area contributed by atoms with Crippen LogP contribution in [0.15, 0.2) is 30.3 Å². The summed E-state index contributed by atoms with van der Waals surface area (Å²) in [6.07, 6.45) is -0.587. The second kappa shape index (κ2) is 6.26. The fourth-order valence-electron chi connectivity index (χ4n) is 1.80. The minimum atomic E-state index is -0.587. The maximum absolute atomic E-state index is 9.74. The second-order valence-electron chi connectivity index (χ2n) is 4.22. The number of aromatic nitrogens is 4. The summed E-state index contributed by atoms with van der Waals surface area (Å²) in [6, 6.07) is 9.60. The lowest BCUT2D eigenvalue weighted by Gasteiger charge is -2.20. The number of benzene rings is 1. The van der Waals surface area contributed by atoms with Crippen LogP contribution in [0.4, 0.5) is 5.95 Å². The molecular formula is C12H17N5O2. The molecule has 1 atom stereocenters. The topological polar surface area (TPSA) is 76.3 Å². The normalized spacial score (nSPS) is 12.4. The van der Waals surface area contributed by atoms with Crippen molar-refractivity contribution in [2.24, 2.45) is 0 Å². The van der Waals surface area contributed by atoms with E-state index in [0.717, 1.165) is 5.69 Å². The lowest BCUT2D eigenvalue weighted by atomic mass is 10.3. The maximum Gasteiger partial charge on any atom is 0.250 e. The molecule has 0 aliphatic carbocycles. The number of likely N-dealkylation sites (N-methyl/N-ethyl adjacent to an activating group) is 1. The Balaban J connectivity index is 2.15. The standard InChI is InChI=1S/C12H17N5O2/c1-16(8-11(18)9-19-2)12-13-14-15-17(12)10-6-4-3-5-7-10/h3-7,11,18H,8-9H2,1-2H3. The third-order valence-electron chi connectivity index (χ3n) is 2.64. The van der Waals surface area contributed by atoms with E-state index in [-0.39, 0.29) is 6.61 Å². The zero-order valence-corrected chi connectivity index (χ0v) is 11.0. The molecule has 2 rings (SSSR count). The minimum absolute atomic E-state index is 0.275. The number of aliphatic hydroxyl groups excluding tert-OH is 1. The van der Waals surface area contributed by atoms with Gasteiger partial charge in [-0.3, -0.25) is 0 Å². The van der Waals surface area contributed by atoms with Crippen LogP contribution < -0.4 is 4.90 Å². The summed E-state index contributed by atoms with van der Waals surface area (Å²) in [7, 11) is 3.38. The van der Waals surface area contributed by atoms with E-state index in [1.807, 2.05) is 37.4 Å². The van der Waals surface area contributed by atoms with Crippen LogP contribution in [0.2, 0.25) is 0 Å². The molecule has 7 heteroatoms. The number of methoxy groups -OCH3 is 1. The summed E-state index contributed by atoms with van der Waals surface area (Å²) in [5, 5.41) is 21.4. The molecule has 1 aromatic carbocycles. The van der Waals surface area contributed by atoms with Crippen molar-refractivity contribution < 1.29 is 9.84 Å². The fraction of sp³-hybridized carbons (Fsp3) is 0.417. The number of hydrogen-bond acceptors (Lipinski definition) is 6. The molecule has 0 spiro atoms. The monoisotopic (exact) mass is 263 g/mol. The Kier molecular flexibility index (Phi) is 4.43. The molecule has 1 heterocycles. The Morgan fingerprint density at radius 2 is 2.11 bits per heavy atom. The third-order valence-corrected chi connectivity index (χ3v) is 2.64. The Morgan fingerprint density at radius 3 is 2.79 bits per heavy atom. The van der Waals surface area contributed by atoms with Crippen LogP contribution >= 0.6 is 0 Å². The van der Waals surface area contributed by atoms with Crippen molar-refractivity contribution in [1.82, 2.24) is 20.2 Å². The zero-order chi connectivity index (χ0) is 13.7. The lowest BCUT2D eigenvalue weighted by Crippen LogP contribution is -2.33. The molecule has 0 saturated heterocycles. The van der Waals surface area contributed by atoms with Crippen molar-refractivity contribution >= 4 is 5.95 Å². The first-order valence-electron chi connectivity index (χ1n) is 5.94. The first-order chi connectivity index (χ1) is 9.22. The highest BCUT2D eigenvalue weighted by molar-refractivity contribution is 5.39. The molecule has 0 aliphatic heterocycles. The van der Waals surface area contributed by atoms with E-state index in [1.54, 1.807) is 16.7 Å². The molecule has 1 N–H and O–H groups in total. The van der Waals surface area contributed by atoms with Crippen LogP contribution in [0.3, 0.4) is 0 Å². The van der Waals surface area contributed by atoms with Gasteiger partial charge in [-0.05, 0) is 22.6 Å². The Hall–Kier alpha value is -1.99. The smallest absolute Gasteiger partial charge is 0.250 e. The number of anilines is 1. The molecule has 0 fully saturated rings. The van der Waals surface area contributed by atoms with Crippen LogP contribution in [0.1, 0.15) is 0 Å². The van der Waals surface area contributed by atoms with Crippen molar-refractivity contribution in [3.8, 4) is 5.69 Å². The van der Waals surface area contributed by atoms with Crippen LogP contribution in [-0.2, 0) is 4.74 Å². The molecule has 1 aromatic heterocycles. The molecule has 0 bridgehead atoms. The molecule has 102 valence electrons. The first-order valence-corrected chi connectivity index (χ1v) is 5.94. The summed E-state index contributed by atoms with van der Waals surface area (Å²) in [5.41, 5.74) is 0.871. The first kappa shape index (κ1) is 13.4. The van der Waals surface area contributed by atoms with Gasteiger partial charge in [0.25, 0.3) is 0 Å². The van der Waals surface area contributed by atoms with Gasteiger partial charge in [-0.25, -0.2) is 0 Å². The van der Waals surface area contributed by atoms with Gasteiger partial charge in [0, 0.05) is 20.7 Å². The number of nitrogens with zero attached hydrogens (tertiary/aromatic N) is 5. The van der Waals surface area contributed by atoms with E-state index in [2.05, 4.69) is 15.5 Å². The zero-order valence-electron chi connectivity index (χ0n) is 11.0. The fourth-order valence-corrected chi connectivity index (χ4v) is 1.80. The third kappa shape index (κ3) is 3.27. The van der Waals surface area contributed by atoms with E-state index in [9.17, 15) is 5.11 Å². The van der Waals surface area contributed by atoms with E-state index in [1.165, 1.54) is 0 Å². The van der Waals surface area contributed by atoms with Crippen LogP contribution in [0.5, 0.6) is 0 Å². The number of tetrazole rings is 1. The highest BCUT2D eigenvalue weighted by Gasteiger charge is 2.15. The van der Waals surface area contributed by atoms with Crippen LogP contribution in [-0.4, -0.2) is 58.7 Å². The molecule has 0 amide bonds. The van der Waals surface area contributed by atoms with Gasteiger partial charge >= 0.3 is 0 Å². The summed E-state index contributed by atoms with van der Waals surface area (Å²) in [5.74, 6) is 0.571. The SMILES string of the molecule is COCC(O)CN(C)c1nnnn1-c1ccccc1. The van der Waals surface area contributed by atoms with Crippen LogP contribution in [0, 0.1) is 0 Å². The molecule has 7 nitrogen and oxygen atoms in total. The highest BCUT2D eigenvalue weighted by atomic mass is 16.5. The van der Waals surface area contributed by atoms with E-state index in [4.69, 9.17) is 4.74 Å². The Bertz CT molecular complexity index is 502. The van der Waals surface area contributed by atoms with Gasteiger partial charge in [-0.1, -0.05) is 23.3 Å². The van der Waals surface area contributed by atoms with Crippen molar-refractivity contribution in [2.75, 3.05) is 32.2 Å². The van der Waals surface area contributed by atoms with Gasteiger partial charge in [-0.15, -0.1) is 0 Å². The van der Waals surface area contributed by atoms with E-state index < -0.39 is 6.10 Å². The molecule has 0 saturated carbocycles. The summed E-state index contributed by atoms with van der Waals surface area (Å²) in [6.45, 7) is 0.665. The molecule has 19 heavy (non-hydrogen) atoms. The number of hydrogen-bond donors (Lipinski definition) is 1. The van der Waals surface area contributed by atoms with Gasteiger partial charge in [0.2, 0.25) is 5.95 Å². The van der Waals surface area contributed by atoms with Gasteiger partial charge in [0.15, 0.2) is 0 Å². The molecule has 0 aliphatic rings.